The van der Waals surface area contributed by atoms with E-state index in [1.807, 2.05) is 6.92 Å². The molecule has 2 unspecified atom stereocenters. The number of hydrogen-bond acceptors (Lipinski definition) is 3. The van der Waals surface area contributed by atoms with Crippen molar-refractivity contribution in [2.45, 2.75) is 50.8 Å². The average Bonchev–Trinajstić information content (AvgIpc) is 2.54. The molecule has 2 atom stereocenters. The molecule has 0 aromatic heterocycles. The molecule has 2 heterocycles. The Hall–Kier alpha value is -0.0700. The van der Waals surface area contributed by atoms with E-state index in [0.29, 0.717) is 29.2 Å². The van der Waals surface area contributed by atoms with Crippen LogP contribution in [0.25, 0.3) is 0 Å². The van der Waals surface area contributed by atoms with Crippen LogP contribution in [0.5, 0.6) is 0 Å². The van der Waals surface area contributed by atoms with E-state index >= 15 is 0 Å². The Morgan fingerprint density at radius 1 is 1.00 bits per heavy atom. The Morgan fingerprint density at radius 2 is 1.60 bits per heavy atom. The Balaban J connectivity index is 1.63. The summed E-state index contributed by atoms with van der Waals surface area (Å²) in [4.78, 5) is 2.56. The minimum atomic E-state index is -3.46. The van der Waals surface area contributed by atoms with Gasteiger partial charge in [-0.25, -0.2) is 12.7 Å². The summed E-state index contributed by atoms with van der Waals surface area (Å²) in [5, 5.41) is 0.137. The highest BCUT2D eigenvalue weighted by Gasteiger charge is 2.41. The molecule has 4 nitrogen and oxygen atoms in total. The summed E-state index contributed by atoms with van der Waals surface area (Å²) in [6, 6.07) is 0.517. The summed E-state index contributed by atoms with van der Waals surface area (Å²) in [6.07, 6.45) is 7.67. The van der Waals surface area contributed by atoms with Crippen molar-refractivity contribution in [3.8, 4) is 0 Å². The van der Waals surface area contributed by atoms with Gasteiger partial charge >= 0.3 is 0 Å². The molecule has 1 aliphatic carbocycles. The van der Waals surface area contributed by atoms with Crippen molar-refractivity contribution in [1.82, 2.24) is 9.21 Å². The molecule has 0 saturated carbocycles. The maximum Gasteiger partial charge on any atom is 0.222 e. The van der Waals surface area contributed by atoms with E-state index in [9.17, 15) is 8.42 Å². The van der Waals surface area contributed by atoms with Gasteiger partial charge < -0.3 is 4.90 Å². The van der Waals surface area contributed by atoms with Gasteiger partial charge in [0, 0.05) is 29.2 Å². The average molecular weight is 407 g/mol. The van der Waals surface area contributed by atoms with Crippen LogP contribution in [0.15, 0.2) is 22.2 Å². The van der Waals surface area contributed by atoms with Crippen molar-refractivity contribution in [3.05, 3.63) is 22.2 Å². The van der Waals surface area contributed by atoms with Crippen LogP contribution in [0.2, 0.25) is 0 Å². The highest BCUT2D eigenvalue weighted by molar-refractivity contribution is 7.90. The van der Waals surface area contributed by atoms with Crippen molar-refractivity contribution >= 4 is 33.2 Å². The minimum Gasteiger partial charge on any atom is -0.300 e. The number of allylic oxidation sites excluding steroid dienone is 3. The number of nitrogens with zero attached hydrogens (tertiary/aromatic N) is 2. The molecule has 25 heavy (non-hydrogen) atoms. The van der Waals surface area contributed by atoms with Crippen LogP contribution in [0, 0.1) is 11.8 Å². The van der Waals surface area contributed by atoms with Gasteiger partial charge in [-0.05, 0) is 56.7 Å². The van der Waals surface area contributed by atoms with E-state index in [1.54, 1.807) is 16.5 Å². The third-order valence-corrected chi connectivity index (χ3v) is 9.00. The van der Waals surface area contributed by atoms with Crippen LogP contribution in [0.3, 0.4) is 0 Å². The first-order valence-electron chi connectivity index (χ1n) is 9.26. The summed E-state index contributed by atoms with van der Waals surface area (Å²) in [7, 11) is -3.46. The lowest BCUT2D eigenvalue weighted by Gasteiger charge is -2.42. The summed E-state index contributed by atoms with van der Waals surface area (Å²) in [6.45, 7) is 7.65. The Bertz CT molecular complexity index is 646. The number of rotatable bonds is 3. The predicted octanol–water partition coefficient (Wildman–Crippen LogP) is 3.78. The SMILES string of the molecule is CC1CCN(C2CCN(S(=O)(=O)C3C(Cl)=CC(Cl)=CC3C)CC2)CC1. The van der Waals surface area contributed by atoms with Crippen molar-refractivity contribution in [1.29, 1.82) is 0 Å². The number of hydrogen-bond donors (Lipinski definition) is 0. The number of piperidine rings is 2. The molecule has 3 aliphatic rings. The molecule has 0 radical (unpaired) electrons. The summed E-state index contributed by atoms with van der Waals surface area (Å²) < 4.78 is 27.9. The first-order chi connectivity index (χ1) is 11.8. The summed E-state index contributed by atoms with van der Waals surface area (Å²) >= 11 is 12.3. The van der Waals surface area contributed by atoms with Crippen LogP contribution in [-0.2, 0) is 10.0 Å². The largest absolute Gasteiger partial charge is 0.300 e. The molecule has 0 bridgehead atoms. The van der Waals surface area contributed by atoms with Crippen LogP contribution >= 0.6 is 23.2 Å². The first-order valence-corrected chi connectivity index (χ1v) is 11.5. The monoisotopic (exact) mass is 406 g/mol. The standard InChI is InChI=1S/C18H28Cl2N2O2S/c1-13-3-7-21(8-4-13)16-5-9-22(10-6-16)25(23,24)18-14(2)11-15(19)12-17(18)20/h11-14,16,18H,3-10H2,1-2H3. The van der Waals surface area contributed by atoms with Crippen molar-refractivity contribution < 1.29 is 8.42 Å². The second-order valence-corrected chi connectivity index (χ2v) is 10.7. The smallest absolute Gasteiger partial charge is 0.222 e. The molecule has 0 N–H and O–H groups in total. The highest BCUT2D eigenvalue weighted by Crippen LogP contribution is 2.35. The lowest BCUT2D eigenvalue weighted by Crippen LogP contribution is -2.51. The molecule has 3 rings (SSSR count). The van der Waals surface area contributed by atoms with E-state index in [0.717, 1.165) is 31.8 Å². The predicted molar refractivity (Wildman–Crippen MR) is 104 cm³/mol. The maximum atomic E-state index is 13.1. The lowest BCUT2D eigenvalue weighted by molar-refractivity contribution is 0.101. The Labute approximate surface area is 161 Å². The zero-order valence-electron chi connectivity index (χ0n) is 15.0. The van der Waals surface area contributed by atoms with Gasteiger partial charge in [0.1, 0.15) is 5.25 Å². The minimum absolute atomic E-state index is 0.212. The molecule has 142 valence electrons. The van der Waals surface area contributed by atoms with Crippen LogP contribution < -0.4 is 0 Å². The molecule has 0 aromatic rings. The van der Waals surface area contributed by atoms with Crippen LogP contribution in [0.1, 0.15) is 39.5 Å². The molecular formula is C18H28Cl2N2O2S. The van der Waals surface area contributed by atoms with Gasteiger partial charge in [-0.15, -0.1) is 0 Å². The molecule has 2 aliphatic heterocycles. The molecule has 7 heteroatoms. The Morgan fingerprint density at radius 3 is 2.16 bits per heavy atom. The third-order valence-electron chi connectivity index (χ3n) is 5.89. The maximum absolute atomic E-state index is 13.1. The third kappa shape index (κ3) is 4.27. The van der Waals surface area contributed by atoms with Crippen molar-refractivity contribution in [2.75, 3.05) is 26.2 Å². The zero-order valence-corrected chi connectivity index (χ0v) is 17.3. The molecule has 0 aromatic carbocycles. The fraction of sp³-hybridized carbons (Fsp3) is 0.778. The van der Waals surface area contributed by atoms with Gasteiger partial charge in [0.05, 0.1) is 0 Å². The molecule has 0 spiro atoms. The number of halogens is 2. The van der Waals surface area contributed by atoms with Crippen LogP contribution in [-0.4, -0.2) is 55.1 Å². The normalized spacial score (nSPS) is 31.7. The van der Waals surface area contributed by atoms with Gasteiger partial charge in [0.25, 0.3) is 0 Å². The summed E-state index contributed by atoms with van der Waals surface area (Å²) in [5.41, 5.74) is 0. The lowest BCUT2D eigenvalue weighted by atomic mass is 9.95. The van der Waals surface area contributed by atoms with Crippen molar-refractivity contribution in [2.24, 2.45) is 11.8 Å². The highest BCUT2D eigenvalue weighted by atomic mass is 35.5. The quantitative estimate of drug-likeness (QED) is 0.715. The van der Waals surface area contributed by atoms with E-state index in [4.69, 9.17) is 23.2 Å². The summed E-state index contributed by atoms with van der Waals surface area (Å²) in [5.74, 6) is 0.606. The fourth-order valence-corrected chi connectivity index (χ4v) is 7.32. The topological polar surface area (TPSA) is 40.6 Å². The molecule has 0 amide bonds. The van der Waals surface area contributed by atoms with Gasteiger partial charge in [0.2, 0.25) is 10.0 Å². The van der Waals surface area contributed by atoms with Gasteiger partial charge in [-0.2, -0.15) is 0 Å². The number of likely N-dealkylation sites (tertiary alicyclic amines) is 1. The zero-order chi connectivity index (χ0) is 18.2. The molecular weight excluding hydrogens is 379 g/mol. The van der Waals surface area contributed by atoms with E-state index in [2.05, 4.69) is 11.8 Å². The second-order valence-electron chi connectivity index (χ2n) is 7.75. The second kappa shape index (κ2) is 7.89. The van der Waals surface area contributed by atoms with Gasteiger partial charge in [-0.1, -0.05) is 43.1 Å². The molecule has 2 fully saturated rings. The Kier molecular flexibility index (Phi) is 6.21. The van der Waals surface area contributed by atoms with E-state index in [1.165, 1.54) is 12.8 Å². The van der Waals surface area contributed by atoms with Gasteiger partial charge in [0.15, 0.2) is 0 Å². The first kappa shape index (κ1) is 19.7. The molecule has 2 saturated heterocycles. The van der Waals surface area contributed by atoms with Gasteiger partial charge in [-0.3, -0.25) is 0 Å². The van der Waals surface area contributed by atoms with Crippen molar-refractivity contribution in [3.63, 3.8) is 0 Å². The van der Waals surface area contributed by atoms with Crippen LogP contribution in [0.4, 0.5) is 0 Å². The fourth-order valence-electron chi connectivity index (χ4n) is 4.28. The van der Waals surface area contributed by atoms with E-state index in [-0.39, 0.29) is 5.92 Å². The van der Waals surface area contributed by atoms with E-state index < -0.39 is 15.3 Å². The number of sulfonamides is 1.